The molecule has 108 valence electrons. The molecule has 1 amide bonds. The standard InChI is InChI=1S/C14H18N2O4/c1-2-16(12-8-20-7-10(12)14(18)19)11-6-4-3-5-9(11)13(15)17/h3-6,10,12H,2,7-8H2,1H3,(H2,15,17)(H,18,19). The van der Waals surface area contributed by atoms with E-state index < -0.39 is 17.8 Å². The molecule has 6 heteroatoms. The average Bonchev–Trinajstić information content (AvgIpc) is 2.89. The van der Waals surface area contributed by atoms with E-state index in [0.29, 0.717) is 24.4 Å². The summed E-state index contributed by atoms with van der Waals surface area (Å²) < 4.78 is 5.30. The number of rotatable bonds is 5. The number of hydrogen-bond donors (Lipinski definition) is 2. The molecular formula is C14H18N2O4. The third-order valence-electron chi connectivity index (χ3n) is 3.59. The molecule has 0 aliphatic carbocycles. The second-order valence-corrected chi connectivity index (χ2v) is 4.72. The first-order valence-corrected chi connectivity index (χ1v) is 6.52. The Kier molecular flexibility index (Phi) is 4.24. The monoisotopic (exact) mass is 278 g/mol. The lowest BCUT2D eigenvalue weighted by molar-refractivity contribution is -0.141. The van der Waals surface area contributed by atoms with Crippen LogP contribution in [0.5, 0.6) is 0 Å². The summed E-state index contributed by atoms with van der Waals surface area (Å²) in [5.41, 5.74) is 6.44. The van der Waals surface area contributed by atoms with Gasteiger partial charge in [-0.05, 0) is 19.1 Å². The van der Waals surface area contributed by atoms with Crippen molar-refractivity contribution < 1.29 is 19.4 Å². The summed E-state index contributed by atoms with van der Waals surface area (Å²) in [5.74, 6) is -2.01. The molecule has 1 heterocycles. The van der Waals surface area contributed by atoms with Gasteiger partial charge in [-0.3, -0.25) is 9.59 Å². The molecule has 0 bridgehead atoms. The largest absolute Gasteiger partial charge is 0.481 e. The third-order valence-corrected chi connectivity index (χ3v) is 3.59. The van der Waals surface area contributed by atoms with Crippen molar-refractivity contribution in [3.8, 4) is 0 Å². The molecule has 0 saturated carbocycles. The van der Waals surface area contributed by atoms with Gasteiger partial charge < -0.3 is 20.5 Å². The second kappa shape index (κ2) is 5.92. The zero-order chi connectivity index (χ0) is 14.7. The number of ether oxygens (including phenoxy) is 1. The van der Waals surface area contributed by atoms with Crippen molar-refractivity contribution in [2.45, 2.75) is 13.0 Å². The third kappa shape index (κ3) is 2.60. The SMILES string of the molecule is CCN(c1ccccc1C(N)=O)C1COCC1C(=O)O. The summed E-state index contributed by atoms with van der Waals surface area (Å²) in [6.45, 7) is 3.00. The number of carbonyl (C=O) groups is 2. The minimum atomic E-state index is -0.887. The van der Waals surface area contributed by atoms with Crippen LogP contribution in [-0.2, 0) is 9.53 Å². The fourth-order valence-corrected chi connectivity index (χ4v) is 2.60. The summed E-state index contributed by atoms with van der Waals surface area (Å²) in [4.78, 5) is 24.7. The molecule has 1 aliphatic rings. The fraction of sp³-hybridized carbons (Fsp3) is 0.429. The summed E-state index contributed by atoms with van der Waals surface area (Å²) in [6.07, 6.45) is 0. The van der Waals surface area contributed by atoms with E-state index in [-0.39, 0.29) is 12.6 Å². The van der Waals surface area contributed by atoms with Gasteiger partial charge in [0.1, 0.15) is 5.92 Å². The van der Waals surface area contributed by atoms with Crippen LogP contribution in [0.2, 0.25) is 0 Å². The highest BCUT2D eigenvalue weighted by Gasteiger charge is 2.38. The number of benzene rings is 1. The fourth-order valence-electron chi connectivity index (χ4n) is 2.60. The van der Waals surface area contributed by atoms with Gasteiger partial charge in [0.15, 0.2) is 0 Å². The van der Waals surface area contributed by atoms with Crippen molar-refractivity contribution in [2.24, 2.45) is 11.7 Å². The van der Waals surface area contributed by atoms with Crippen LogP contribution in [0.1, 0.15) is 17.3 Å². The van der Waals surface area contributed by atoms with Crippen molar-refractivity contribution >= 4 is 17.6 Å². The first kappa shape index (κ1) is 14.3. The normalized spacial score (nSPS) is 21.6. The predicted octanol–water partition coefficient (Wildman–Crippen LogP) is 0.711. The van der Waals surface area contributed by atoms with E-state index in [0.717, 1.165) is 0 Å². The number of carbonyl (C=O) groups excluding carboxylic acids is 1. The van der Waals surface area contributed by atoms with Crippen LogP contribution in [0.15, 0.2) is 24.3 Å². The number of nitrogens with zero attached hydrogens (tertiary/aromatic N) is 1. The minimum absolute atomic E-state index is 0.190. The molecule has 2 unspecified atom stereocenters. The Hall–Kier alpha value is -2.08. The Balaban J connectivity index is 2.38. The molecule has 0 radical (unpaired) electrons. The van der Waals surface area contributed by atoms with Gasteiger partial charge in [0.05, 0.1) is 24.8 Å². The van der Waals surface area contributed by atoms with Crippen molar-refractivity contribution in [3.63, 3.8) is 0 Å². The maximum Gasteiger partial charge on any atom is 0.311 e. The maximum absolute atomic E-state index is 11.5. The number of para-hydroxylation sites is 1. The zero-order valence-corrected chi connectivity index (χ0v) is 11.3. The Morgan fingerprint density at radius 3 is 2.70 bits per heavy atom. The molecule has 0 spiro atoms. The lowest BCUT2D eigenvalue weighted by Gasteiger charge is -2.32. The molecule has 2 atom stereocenters. The number of anilines is 1. The second-order valence-electron chi connectivity index (χ2n) is 4.72. The molecule has 2 rings (SSSR count). The van der Waals surface area contributed by atoms with Crippen molar-refractivity contribution in [1.29, 1.82) is 0 Å². The van der Waals surface area contributed by atoms with Gasteiger partial charge in [0.25, 0.3) is 5.91 Å². The molecule has 6 nitrogen and oxygen atoms in total. The number of aliphatic carboxylic acids is 1. The zero-order valence-electron chi connectivity index (χ0n) is 11.3. The highest BCUT2D eigenvalue weighted by atomic mass is 16.5. The van der Waals surface area contributed by atoms with Crippen LogP contribution in [0.3, 0.4) is 0 Å². The molecule has 1 saturated heterocycles. The van der Waals surface area contributed by atoms with Gasteiger partial charge >= 0.3 is 5.97 Å². The number of carboxylic acid groups (broad SMARTS) is 1. The molecular weight excluding hydrogens is 260 g/mol. The van der Waals surface area contributed by atoms with Crippen molar-refractivity contribution in [2.75, 3.05) is 24.7 Å². The number of carboxylic acids is 1. The lowest BCUT2D eigenvalue weighted by atomic mass is 10.0. The van der Waals surface area contributed by atoms with Gasteiger partial charge in [-0.1, -0.05) is 12.1 Å². The first-order valence-electron chi connectivity index (χ1n) is 6.52. The summed E-state index contributed by atoms with van der Waals surface area (Å²) in [7, 11) is 0. The van der Waals surface area contributed by atoms with E-state index in [2.05, 4.69) is 0 Å². The van der Waals surface area contributed by atoms with Crippen LogP contribution in [0, 0.1) is 5.92 Å². The van der Waals surface area contributed by atoms with Crippen molar-refractivity contribution in [1.82, 2.24) is 0 Å². The van der Waals surface area contributed by atoms with Crippen LogP contribution < -0.4 is 10.6 Å². The predicted molar refractivity (Wildman–Crippen MR) is 73.7 cm³/mol. The number of primary amides is 1. The van der Waals surface area contributed by atoms with Crippen LogP contribution >= 0.6 is 0 Å². The number of amides is 1. The summed E-state index contributed by atoms with van der Waals surface area (Å²) >= 11 is 0. The number of likely N-dealkylation sites (N-methyl/N-ethyl adjacent to an activating group) is 1. The minimum Gasteiger partial charge on any atom is -0.481 e. The molecule has 1 fully saturated rings. The topological polar surface area (TPSA) is 92.9 Å². The summed E-state index contributed by atoms with van der Waals surface area (Å²) in [6, 6.07) is 6.66. The molecule has 1 aliphatic heterocycles. The van der Waals surface area contributed by atoms with E-state index in [1.54, 1.807) is 24.3 Å². The van der Waals surface area contributed by atoms with Crippen LogP contribution in [0.25, 0.3) is 0 Å². The highest BCUT2D eigenvalue weighted by Crippen LogP contribution is 2.28. The van der Waals surface area contributed by atoms with Crippen molar-refractivity contribution in [3.05, 3.63) is 29.8 Å². The smallest absolute Gasteiger partial charge is 0.311 e. The average molecular weight is 278 g/mol. The van der Waals surface area contributed by atoms with E-state index >= 15 is 0 Å². The maximum atomic E-state index is 11.5. The van der Waals surface area contributed by atoms with Gasteiger partial charge in [-0.25, -0.2) is 0 Å². The number of hydrogen-bond acceptors (Lipinski definition) is 4. The molecule has 20 heavy (non-hydrogen) atoms. The Morgan fingerprint density at radius 1 is 1.40 bits per heavy atom. The Morgan fingerprint density at radius 2 is 2.10 bits per heavy atom. The van der Waals surface area contributed by atoms with E-state index in [4.69, 9.17) is 10.5 Å². The molecule has 1 aromatic rings. The first-order chi connectivity index (χ1) is 9.56. The van der Waals surface area contributed by atoms with E-state index in [1.165, 1.54) is 0 Å². The van der Waals surface area contributed by atoms with Gasteiger partial charge in [-0.2, -0.15) is 0 Å². The molecule has 1 aromatic carbocycles. The highest BCUT2D eigenvalue weighted by molar-refractivity contribution is 5.98. The quantitative estimate of drug-likeness (QED) is 0.827. The number of nitrogens with two attached hydrogens (primary N) is 1. The molecule has 3 N–H and O–H groups in total. The Labute approximate surface area is 117 Å². The van der Waals surface area contributed by atoms with Gasteiger partial charge in [0.2, 0.25) is 0 Å². The van der Waals surface area contributed by atoms with E-state index in [9.17, 15) is 14.7 Å². The lowest BCUT2D eigenvalue weighted by Crippen LogP contribution is -2.44. The van der Waals surface area contributed by atoms with Crippen LogP contribution in [0.4, 0.5) is 5.69 Å². The summed E-state index contributed by atoms with van der Waals surface area (Å²) in [5, 5.41) is 9.26. The Bertz CT molecular complexity index is 518. The van der Waals surface area contributed by atoms with Gasteiger partial charge in [-0.15, -0.1) is 0 Å². The van der Waals surface area contributed by atoms with Crippen LogP contribution in [-0.4, -0.2) is 42.8 Å². The molecule has 0 aromatic heterocycles. The van der Waals surface area contributed by atoms with E-state index in [1.807, 2.05) is 11.8 Å². The van der Waals surface area contributed by atoms with Gasteiger partial charge in [0, 0.05) is 12.2 Å².